The minimum Gasteiger partial charge on any atom is -0.352 e. The van der Waals surface area contributed by atoms with Crippen molar-refractivity contribution >= 4 is 50.7 Å². The Morgan fingerprint density at radius 3 is 2.26 bits per heavy atom. The van der Waals surface area contributed by atoms with E-state index in [1.165, 1.54) is 23.1 Å². The van der Waals surface area contributed by atoms with Gasteiger partial charge in [0.1, 0.15) is 12.6 Å². The van der Waals surface area contributed by atoms with Gasteiger partial charge in [0.25, 0.3) is 0 Å². The highest BCUT2D eigenvalue weighted by atomic mass is 35.5. The van der Waals surface area contributed by atoms with Crippen LogP contribution in [0.25, 0.3) is 0 Å². The molecule has 1 atom stereocenters. The van der Waals surface area contributed by atoms with Gasteiger partial charge in [-0.1, -0.05) is 65.9 Å². The fraction of sp³-hybridized carbons (Fsp3) is 0.440. The molecule has 0 heterocycles. The fourth-order valence-corrected chi connectivity index (χ4v) is 5.25. The third-order valence-corrected chi connectivity index (χ3v) is 8.09. The zero-order chi connectivity index (χ0) is 25.8. The number of benzene rings is 2. The lowest BCUT2D eigenvalue weighted by Gasteiger charge is -2.32. The van der Waals surface area contributed by atoms with Crippen molar-refractivity contribution in [1.29, 1.82) is 0 Å². The highest BCUT2D eigenvalue weighted by Crippen LogP contribution is 2.28. The molecule has 2 aromatic rings. The number of aryl methyl sites for hydroxylation is 1. The third-order valence-electron chi connectivity index (χ3n) is 6.21. The van der Waals surface area contributed by atoms with Gasteiger partial charge in [0.15, 0.2) is 0 Å². The molecule has 190 valence electrons. The molecule has 1 N–H and O–H groups in total. The van der Waals surface area contributed by atoms with E-state index in [4.69, 9.17) is 23.2 Å². The first-order valence-electron chi connectivity index (χ1n) is 11.5. The van der Waals surface area contributed by atoms with Gasteiger partial charge >= 0.3 is 0 Å². The van der Waals surface area contributed by atoms with Crippen molar-refractivity contribution in [2.24, 2.45) is 0 Å². The summed E-state index contributed by atoms with van der Waals surface area (Å²) < 4.78 is 26.2. The van der Waals surface area contributed by atoms with E-state index in [1.807, 2.05) is 31.2 Å². The van der Waals surface area contributed by atoms with Crippen LogP contribution in [0.4, 0.5) is 5.69 Å². The highest BCUT2D eigenvalue weighted by molar-refractivity contribution is 7.92. The van der Waals surface area contributed by atoms with Crippen LogP contribution in [0.3, 0.4) is 0 Å². The molecule has 0 aromatic heterocycles. The number of carbonyl (C=O) groups excluding carboxylic acids is 2. The number of amides is 2. The first-order valence-corrected chi connectivity index (χ1v) is 14.1. The van der Waals surface area contributed by atoms with Crippen LogP contribution < -0.4 is 9.62 Å². The van der Waals surface area contributed by atoms with Crippen molar-refractivity contribution in [2.75, 3.05) is 17.1 Å². The van der Waals surface area contributed by atoms with Gasteiger partial charge in [0, 0.05) is 12.6 Å². The summed E-state index contributed by atoms with van der Waals surface area (Å²) in [6.45, 7) is 3.31. The first-order chi connectivity index (χ1) is 16.5. The van der Waals surface area contributed by atoms with Crippen LogP contribution >= 0.6 is 23.2 Å². The van der Waals surface area contributed by atoms with Gasteiger partial charge in [-0.05, 0) is 50.5 Å². The molecule has 1 aliphatic rings. The molecule has 0 spiro atoms. The van der Waals surface area contributed by atoms with Gasteiger partial charge in [0.2, 0.25) is 21.8 Å². The minimum absolute atomic E-state index is 0.102. The number of rotatable bonds is 9. The maximum absolute atomic E-state index is 13.6. The summed E-state index contributed by atoms with van der Waals surface area (Å²) >= 11 is 12.1. The molecule has 0 saturated heterocycles. The number of carbonyl (C=O) groups is 2. The molecule has 0 bridgehead atoms. The van der Waals surface area contributed by atoms with E-state index in [-0.39, 0.29) is 34.2 Å². The van der Waals surface area contributed by atoms with E-state index >= 15 is 0 Å². The molecule has 1 fully saturated rings. The van der Waals surface area contributed by atoms with Crippen LogP contribution in [-0.2, 0) is 26.2 Å². The second-order valence-corrected chi connectivity index (χ2v) is 11.8. The molecular formula is C25H31Cl2N3O4S. The SMILES string of the molecule is Cc1ccc(CN(C(=O)CN(c2ccc(Cl)c(Cl)c2)S(C)(=O)=O)[C@H](C)C(=O)NC2CCCC2)cc1. The summed E-state index contributed by atoms with van der Waals surface area (Å²) in [5.41, 5.74) is 2.13. The number of nitrogens with one attached hydrogen (secondary N) is 1. The molecule has 2 aromatic carbocycles. The second-order valence-electron chi connectivity index (χ2n) is 9.04. The van der Waals surface area contributed by atoms with Crippen LogP contribution in [0.2, 0.25) is 10.0 Å². The Balaban J connectivity index is 1.88. The zero-order valence-electron chi connectivity index (χ0n) is 20.1. The summed E-state index contributed by atoms with van der Waals surface area (Å²) in [6.07, 6.45) is 4.99. The quantitative estimate of drug-likeness (QED) is 0.506. The van der Waals surface area contributed by atoms with Crippen LogP contribution in [0, 0.1) is 6.92 Å². The molecule has 7 nitrogen and oxygen atoms in total. The predicted octanol–water partition coefficient (Wildman–Crippen LogP) is 4.54. The molecule has 1 aliphatic carbocycles. The number of anilines is 1. The van der Waals surface area contributed by atoms with Crippen LogP contribution in [0.1, 0.15) is 43.7 Å². The molecule has 35 heavy (non-hydrogen) atoms. The third kappa shape index (κ3) is 7.35. The van der Waals surface area contributed by atoms with E-state index in [9.17, 15) is 18.0 Å². The topological polar surface area (TPSA) is 86.8 Å². The fourth-order valence-electron chi connectivity index (χ4n) is 4.12. The van der Waals surface area contributed by atoms with Crippen LogP contribution in [-0.4, -0.2) is 50.0 Å². The Morgan fingerprint density at radius 1 is 1.06 bits per heavy atom. The van der Waals surface area contributed by atoms with Crippen LogP contribution in [0.5, 0.6) is 0 Å². The normalized spacial score (nSPS) is 15.0. The van der Waals surface area contributed by atoms with E-state index in [2.05, 4.69) is 5.32 Å². The molecule has 2 amide bonds. The van der Waals surface area contributed by atoms with E-state index < -0.39 is 28.5 Å². The molecule has 0 aliphatic heterocycles. The summed E-state index contributed by atoms with van der Waals surface area (Å²) in [5, 5.41) is 3.48. The smallest absolute Gasteiger partial charge is 0.244 e. The Kier molecular flexibility index (Phi) is 9.07. The van der Waals surface area contributed by atoms with Gasteiger partial charge in [-0.25, -0.2) is 8.42 Å². The van der Waals surface area contributed by atoms with E-state index in [0.717, 1.165) is 47.4 Å². The summed E-state index contributed by atoms with van der Waals surface area (Å²) in [5.74, 6) is -0.756. The maximum Gasteiger partial charge on any atom is 0.244 e. The Labute approximate surface area is 217 Å². The second kappa shape index (κ2) is 11.6. The van der Waals surface area contributed by atoms with Crippen molar-refractivity contribution in [1.82, 2.24) is 10.2 Å². The van der Waals surface area contributed by atoms with Crippen molar-refractivity contribution < 1.29 is 18.0 Å². The molecule has 3 rings (SSSR count). The van der Waals surface area contributed by atoms with Crippen molar-refractivity contribution in [3.8, 4) is 0 Å². The van der Waals surface area contributed by atoms with E-state index in [1.54, 1.807) is 6.92 Å². The van der Waals surface area contributed by atoms with Gasteiger partial charge in [-0.2, -0.15) is 0 Å². The molecule has 10 heteroatoms. The van der Waals surface area contributed by atoms with Crippen LogP contribution in [0.15, 0.2) is 42.5 Å². The lowest BCUT2D eigenvalue weighted by Crippen LogP contribution is -2.52. The van der Waals surface area contributed by atoms with Gasteiger partial charge in [-0.15, -0.1) is 0 Å². The zero-order valence-corrected chi connectivity index (χ0v) is 22.5. The Hall–Kier alpha value is -2.29. The van der Waals surface area contributed by atoms with Crippen molar-refractivity contribution in [3.05, 3.63) is 63.6 Å². The monoisotopic (exact) mass is 539 g/mol. The lowest BCUT2D eigenvalue weighted by molar-refractivity contribution is -0.139. The standard InChI is InChI=1S/C25H31Cl2N3O4S/c1-17-8-10-19(11-9-17)15-29(18(2)25(32)28-20-6-4-5-7-20)24(31)16-30(35(3,33)34)21-12-13-22(26)23(27)14-21/h8-14,18,20H,4-7,15-16H2,1-3H3,(H,28,32)/t18-/m1/s1. The lowest BCUT2D eigenvalue weighted by atomic mass is 10.1. The molecule has 0 radical (unpaired) electrons. The molecule has 1 saturated carbocycles. The minimum atomic E-state index is -3.84. The largest absolute Gasteiger partial charge is 0.352 e. The number of hydrogen-bond acceptors (Lipinski definition) is 4. The van der Waals surface area contributed by atoms with Crippen molar-refractivity contribution in [3.63, 3.8) is 0 Å². The number of nitrogens with zero attached hydrogens (tertiary/aromatic N) is 2. The van der Waals surface area contributed by atoms with Gasteiger partial charge in [-0.3, -0.25) is 13.9 Å². The predicted molar refractivity (Wildman–Crippen MR) is 140 cm³/mol. The Bertz CT molecular complexity index is 1170. The number of sulfonamides is 1. The Morgan fingerprint density at radius 2 is 1.69 bits per heavy atom. The average molecular weight is 541 g/mol. The highest BCUT2D eigenvalue weighted by Gasteiger charge is 2.31. The summed E-state index contributed by atoms with van der Waals surface area (Å²) in [4.78, 5) is 28.0. The molecular weight excluding hydrogens is 509 g/mol. The van der Waals surface area contributed by atoms with E-state index in [0.29, 0.717) is 0 Å². The maximum atomic E-state index is 13.6. The molecule has 0 unspecified atom stereocenters. The van der Waals surface area contributed by atoms with Gasteiger partial charge < -0.3 is 10.2 Å². The average Bonchev–Trinajstić information content (AvgIpc) is 3.30. The summed E-state index contributed by atoms with van der Waals surface area (Å²) in [7, 11) is -3.84. The summed E-state index contributed by atoms with van der Waals surface area (Å²) in [6, 6.07) is 11.3. The number of hydrogen-bond donors (Lipinski definition) is 1. The number of halogens is 2. The van der Waals surface area contributed by atoms with Crippen molar-refractivity contribution in [2.45, 2.75) is 58.2 Å². The van der Waals surface area contributed by atoms with Gasteiger partial charge in [0.05, 0.1) is 22.0 Å². The first kappa shape index (κ1) is 27.3.